The van der Waals surface area contributed by atoms with Crippen molar-refractivity contribution in [2.75, 3.05) is 21.3 Å². The predicted octanol–water partition coefficient (Wildman–Crippen LogP) is -0.942. The molecular formula is C10H26N4O3Si. The van der Waals surface area contributed by atoms with Crippen molar-refractivity contribution in [3.8, 4) is 0 Å². The molecule has 0 saturated carbocycles. The summed E-state index contributed by atoms with van der Waals surface area (Å²) in [7, 11) is 1.52. The third kappa shape index (κ3) is 4.90. The smallest absolute Gasteiger partial charge is 0.364 e. The van der Waals surface area contributed by atoms with E-state index in [2.05, 4.69) is 18.8 Å². The average molecular weight is 278 g/mol. The van der Waals surface area contributed by atoms with E-state index in [9.17, 15) is 0 Å². The Morgan fingerprint density at radius 2 is 1.39 bits per heavy atom. The van der Waals surface area contributed by atoms with Gasteiger partial charge in [0.25, 0.3) is 0 Å². The van der Waals surface area contributed by atoms with Crippen molar-refractivity contribution in [1.82, 2.24) is 4.98 Å². The van der Waals surface area contributed by atoms with E-state index in [1.54, 1.807) is 0 Å². The van der Waals surface area contributed by atoms with Crippen LogP contribution in [0.15, 0.2) is 0 Å². The fourth-order valence-electron chi connectivity index (χ4n) is 1.78. The van der Waals surface area contributed by atoms with Gasteiger partial charge >= 0.3 is 8.97 Å². The van der Waals surface area contributed by atoms with Crippen LogP contribution in [0.2, 0.25) is 0 Å². The minimum atomic E-state index is -2.99. The summed E-state index contributed by atoms with van der Waals surface area (Å²) < 4.78 is 15.9. The van der Waals surface area contributed by atoms with Crippen LogP contribution in [0.3, 0.4) is 0 Å². The molecule has 0 unspecified atom stereocenters. The monoisotopic (exact) mass is 278 g/mol. The van der Waals surface area contributed by atoms with Crippen molar-refractivity contribution in [1.29, 1.82) is 0 Å². The molecule has 0 spiro atoms. The largest absolute Gasteiger partial charge is 0.596 e. The first-order valence-corrected chi connectivity index (χ1v) is 7.34. The molecule has 0 atom stereocenters. The van der Waals surface area contributed by atoms with E-state index in [0.29, 0.717) is 12.8 Å². The quantitative estimate of drug-likeness (QED) is 0.317. The molecule has 0 rings (SSSR count). The number of nitrogens with one attached hydrogen (secondary N) is 1. The Hall–Kier alpha value is -0.0631. The SMILES string of the molecule is [CH2]CC(C[CH2])(CC(N)(N)N)N[Si](OC)(OC)OC. The highest BCUT2D eigenvalue weighted by atomic mass is 28.4. The first-order valence-electron chi connectivity index (χ1n) is 5.62. The van der Waals surface area contributed by atoms with Gasteiger partial charge in [-0.2, -0.15) is 0 Å². The maximum absolute atomic E-state index is 5.67. The molecule has 0 aromatic heterocycles. The zero-order valence-corrected chi connectivity index (χ0v) is 12.5. The zero-order valence-electron chi connectivity index (χ0n) is 11.5. The number of hydrogen-bond donors (Lipinski definition) is 4. The van der Waals surface area contributed by atoms with E-state index in [0.717, 1.165) is 0 Å². The van der Waals surface area contributed by atoms with E-state index < -0.39 is 20.3 Å². The standard InChI is InChI=1S/C10H26N4O3Si/c1-6-9(7-2,8-10(11,12)13)14-18(15-3,16-4)17-5/h14H,1-2,6-8,11-13H2,3-5H3. The Morgan fingerprint density at radius 1 is 1.00 bits per heavy atom. The second kappa shape index (κ2) is 6.92. The minimum absolute atomic E-state index is 0.262. The van der Waals surface area contributed by atoms with Gasteiger partial charge in [0.2, 0.25) is 0 Å². The van der Waals surface area contributed by atoms with Gasteiger partial charge < -0.3 is 30.5 Å². The van der Waals surface area contributed by atoms with Gasteiger partial charge in [0.05, 0.1) is 0 Å². The van der Waals surface area contributed by atoms with E-state index in [4.69, 9.17) is 30.5 Å². The molecular weight excluding hydrogens is 252 g/mol. The third-order valence-corrected chi connectivity index (χ3v) is 5.28. The molecule has 8 heteroatoms. The summed E-state index contributed by atoms with van der Waals surface area (Å²) in [5.74, 6) is -1.34. The summed E-state index contributed by atoms with van der Waals surface area (Å²) in [5.41, 5.74) is 16.4. The molecule has 0 aromatic rings. The van der Waals surface area contributed by atoms with Gasteiger partial charge in [-0.25, -0.2) is 0 Å². The van der Waals surface area contributed by atoms with Crippen LogP contribution in [-0.4, -0.2) is 41.6 Å². The second-order valence-electron chi connectivity index (χ2n) is 4.36. The Bertz CT molecular complexity index is 232. The summed E-state index contributed by atoms with van der Waals surface area (Å²) in [5, 5.41) is 0. The van der Waals surface area contributed by atoms with Gasteiger partial charge in [0.1, 0.15) is 5.79 Å². The van der Waals surface area contributed by atoms with Gasteiger partial charge in [-0.05, 0) is 12.8 Å². The normalized spacial score (nSPS) is 14.0. The van der Waals surface area contributed by atoms with Crippen molar-refractivity contribution < 1.29 is 13.3 Å². The third-order valence-electron chi connectivity index (χ3n) is 2.83. The van der Waals surface area contributed by atoms with Crippen LogP contribution in [0, 0.1) is 13.8 Å². The molecule has 0 aliphatic heterocycles. The Balaban J connectivity index is 5.11. The summed E-state index contributed by atoms with van der Waals surface area (Å²) in [6.45, 7) is 7.77. The lowest BCUT2D eigenvalue weighted by molar-refractivity contribution is 0.0875. The molecule has 0 aromatic carbocycles. The molecule has 0 heterocycles. The average Bonchev–Trinajstić information content (AvgIpc) is 2.33. The summed E-state index contributed by atoms with van der Waals surface area (Å²) in [4.78, 5) is 3.19. The summed E-state index contributed by atoms with van der Waals surface area (Å²) in [6, 6.07) is 0. The molecule has 0 aliphatic carbocycles. The molecule has 0 amide bonds. The van der Waals surface area contributed by atoms with Crippen molar-refractivity contribution in [2.45, 2.75) is 30.6 Å². The fourth-order valence-corrected chi connectivity index (χ4v) is 3.58. The van der Waals surface area contributed by atoms with Gasteiger partial charge in [0.15, 0.2) is 0 Å². The topological polar surface area (TPSA) is 118 Å². The summed E-state index contributed by atoms with van der Waals surface area (Å²) >= 11 is 0. The van der Waals surface area contributed by atoms with Crippen LogP contribution < -0.4 is 22.2 Å². The first-order chi connectivity index (χ1) is 8.22. The van der Waals surface area contributed by atoms with Crippen LogP contribution in [-0.2, 0) is 13.3 Å². The van der Waals surface area contributed by atoms with Gasteiger partial charge in [-0.15, -0.1) is 0 Å². The molecule has 2 radical (unpaired) electrons. The number of nitrogens with two attached hydrogens (primary N) is 3. The highest BCUT2D eigenvalue weighted by molar-refractivity contribution is 6.57. The molecule has 0 aliphatic rings. The molecule has 0 saturated heterocycles. The first kappa shape index (κ1) is 17.9. The Labute approximate surface area is 111 Å². The van der Waals surface area contributed by atoms with Crippen LogP contribution in [0.1, 0.15) is 19.3 Å². The molecule has 7 nitrogen and oxygen atoms in total. The van der Waals surface area contributed by atoms with E-state index in [1.807, 2.05) is 0 Å². The van der Waals surface area contributed by atoms with Crippen molar-refractivity contribution in [2.24, 2.45) is 17.2 Å². The van der Waals surface area contributed by atoms with Crippen LogP contribution in [0.5, 0.6) is 0 Å². The lowest BCUT2D eigenvalue weighted by atomic mass is 9.87. The molecule has 108 valence electrons. The number of hydrogen-bond acceptors (Lipinski definition) is 7. The molecule has 18 heavy (non-hydrogen) atoms. The number of rotatable bonds is 9. The highest BCUT2D eigenvalue weighted by Crippen LogP contribution is 2.24. The van der Waals surface area contributed by atoms with Gasteiger partial charge in [-0.3, -0.25) is 4.98 Å². The maximum Gasteiger partial charge on any atom is 0.596 e. The van der Waals surface area contributed by atoms with Crippen molar-refractivity contribution in [3.63, 3.8) is 0 Å². The Kier molecular flexibility index (Phi) is 6.89. The summed E-state index contributed by atoms with van der Waals surface area (Å²) in [6.07, 6.45) is 1.20. The highest BCUT2D eigenvalue weighted by Gasteiger charge is 2.47. The Morgan fingerprint density at radius 3 is 1.61 bits per heavy atom. The molecule has 0 bridgehead atoms. The van der Waals surface area contributed by atoms with Crippen LogP contribution in [0.25, 0.3) is 0 Å². The van der Waals surface area contributed by atoms with Gasteiger partial charge in [0, 0.05) is 33.3 Å². The lowest BCUT2D eigenvalue weighted by Crippen LogP contribution is -2.70. The van der Waals surface area contributed by atoms with Gasteiger partial charge in [-0.1, -0.05) is 13.8 Å². The molecule has 7 N–H and O–H groups in total. The molecule has 0 fully saturated rings. The van der Waals surface area contributed by atoms with Crippen LogP contribution >= 0.6 is 0 Å². The van der Waals surface area contributed by atoms with E-state index >= 15 is 0 Å². The van der Waals surface area contributed by atoms with Crippen LogP contribution in [0.4, 0.5) is 0 Å². The lowest BCUT2D eigenvalue weighted by Gasteiger charge is -2.41. The van der Waals surface area contributed by atoms with Crippen molar-refractivity contribution in [3.05, 3.63) is 13.8 Å². The maximum atomic E-state index is 5.67. The van der Waals surface area contributed by atoms with E-state index in [1.165, 1.54) is 21.3 Å². The zero-order chi connectivity index (χ0) is 14.4. The van der Waals surface area contributed by atoms with E-state index in [-0.39, 0.29) is 6.42 Å². The predicted molar refractivity (Wildman–Crippen MR) is 72.5 cm³/mol. The fraction of sp³-hybridized carbons (Fsp3) is 0.800. The minimum Gasteiger partial charge on any atom is -0.364 e. The second-order valence-corrected chi connectivity index (χ2v) is 6.95. The van der Waals surface area contributed by atoms with Crippen molar-refractivity contribution >= 4 is 8.97 Å².